The van der Waals surface area contributed by atoms with E-state index in [1.54, 1.807) is 0 Å². The van der Waals surface area contributed by atoms with Gasteiger partial charge in [-0.15, -0.1) is 0 Å². The minimum absolute atomic E-state index is 0.000290. The van der Waals surface area contributed by atoms with E-state index in [-0.39, 0.29) is 32.0 Å². The van der Waals surface area contributed by atoms with Gasteiger partial charge in [-0.1, -0.05) is 66.2 Å². The van der Waals surface area contributed by atoms with E-state index < -0.39 is 11.8 Å². The average molecular weight is 356 g/mol. The van der Waals surface area contributed by atoms with Crippen LogP contribution in [0.5, 0.6) is 0 Å². The highest BCUT2D eigenvalue weighted by Gasteiger charge is 2.39. The van der Waals surface area contributed by atoms with Crippen LogP contribution in [0.25, 0.3) is 0 Å². The van der Waals surface area contributed by atoms with Crippen molar-refractivity contribution in [2.24, 2.45) is 0 Å². The van der Waals surface area contributed by atoms with Gasteiger partial charge in [-0.05, 0) is 6.08 Å². The normalized spacial score (nSPS) is 15.1. The zero-order valence-electron chi connectivity index (χ0n) is 11.1. The van der Waals surface area contributed by atoms with E-state index in [2.05, 4.69) is 18.1 Å². The molecule has 0 radical (unpaired) electrons. The van der Waals surface area contributed by atoms with E-state index >= 15 is 0 Å². The zero-order valence-corrected chi connectivity index (χ0v) is 13.4. The summed E-state index contributed by atoms with van der Waals surface area (Å²) < 4.78 is 0. The number of anilines is 1. The summed E-state index contributed by atoms with van der Waals surface area (Å²) >= 11 is 17.9. The summed E-state index contributed by atoms with van der Waals surface area (Å²) in [4.78, 5) is 29.6. The fraction of sp³-hybridized carbons (Fsp3) is 0. The molecule has 22 heavy (non-hydrogen) atoms. The molecule has 0 aromatic carbocycles. The SMILES string of the molecule is C=C/C=C\C1=C(C=C)C(=O)N(c2c(Cl)cnc(Cl)c2Cl)C1=O. The number of amides is 2. The number of allylic oxidation sites excluding steroid dienone is 2. The topological polar surface area (TPSA) is 50.3 Å². The van der Waals surface area contributed by atoms with E-state index in [1.165, 1.54) is 30.5 Å². The molecule has 0 atom stereocenters. The van der Waals surface area contributed by atoms with Crippen LogP contribution in [0.3, 0.4) is 0 Å². The highest BCUT2D eigenvalue weighted by molar-refractivity contribution is 6.48. The second kappa shape index (κ2) is 6.48. The van der Waals surface area contributed by atoms with Gasteiger partial charge in [-0.25, -0.2) is 9.88 Å². The number of aromatic nitrogens is 1. The smallest absolute Gasteiger partial charge is 0.266 e. The van der Waals surface area contributed by atoms with E-state index in [0.29, 0.717) is 0 Å². The van der Waals surface area contributed by atoms with Gasteiger partial charge in [0.05, 0.1) is 21.9 Å². The molecule has 0 saturated carbocycles. The van der Waals surface area contributed by atoms with Gasteiger partial charge in [0.1, 0.15) is 10.2 Å². The van der Waals surface area contributed by atoms with Gasteiger partial charge in [-0.2, -0.15) is 0 Å². The monoisotopic (exact) mass is 354 g/mol. The van der Waals surface area contributed by atoms with Gasteiger partial charge in [0.2, 0.25) is 0 Å². The molecule has 0 saturated heterocycles. The third kappa shape index (κ3) is 2.61. The third-order valence-corrected chi connectivity index (χ3v) is 3.91. The van der Waals surface area contributed by atoms with E-state index in [0.717, 1.165) is 4.90 Å². The summed E-state index contributed by atoms with van der Waals surface area (Å²) in [5.74, 6) is -1.17. The molecular formula is C15H9Cl3N2O2. The van der Waals surface area contributed by atoms with Gasteiger partial charge in [0, 0.05) is 6.20 Å². The van der Waals surface area contributed by atoms with Gasteiger partial charge >= 0.3 is 0 Å². The first-order valence-corrected chi connectivity index (χ1v) is 7.11. The van der Waals surface area contributed by atoms with Crippen LogP contribution in [0.1, 0.15) is 0 Å². The minimum atomic E-state index is -0.588. The van der Waals surface area contributed by atoms with Crippen molar-refractivity contribution in [2.75, 3.05) is 4.90 Å². The molecule has 1 aromatic heterocycles. The van der Waals surface area contributed by atoms with Crippen LogP contribution in [0.15, 0.2) is 54.8 Å². The molecule has 4 nitrogen and oxygen atoms in total. The van der Waals surface area contributed by atoms with Crippen molar-refractivity contribution in [2.45, 2.75) is 0 Å². The number of rotatable bonds is 4. The van der Waals surface area contributed by atoms with Crippen molar-refractivity contribution in [3.8, 4) is 0 Å². The highest BCUT2D eigenvalue weighted by atomic mass is 35.5. The minimum Gasteiger partial charge on any atom is -0.268 e. The first kappa shape index (κ1) is 16.5. The lowest BCUT2D eigenvalue weighted by Gasteiger charge is -2.18. The number of nitrogens with zero attached hydrogens (tertiary/aromatic N) is 2. The Bertz CT molecular complexity index is 766. The number of carbonyl (C=O) groups excluding carboxylic acids is 2. The lowest BCUT2D eigenvalue weighted by atomic mass is 10.1. The number of hydrogen-bond donors (Lipinski definition) is 0. The molecule has 1 aliphatic heterocycles. The molecule has 0 fully saturated rings. The van der Waals surface area contributed by atoms with Crippen molar-refractivity contribution in [1.82, 2.24) is 4.98 Å². The van der Waals surface area contributed by atoms with Crippen molar-refractivity contribution >= 4 is 52.3 Å². The lowest BCUT2D eigenvalue weighted by molar-refractivity contribution is -0.120. The Morgan fingerprint density at radius 2 is 1.73 bits per heavy atom. The molecule has 2 rings (SSSR count). The molecule has 0 bridgehead atoms. The molecule has 0 N–H and O–H groups in total. The summed E-state index contributed by atoms with van der Waals surface area (Å²) in [5, 5.41) is -0.0985. The number of carbonyl (C=O) groups is 2. The Labute approximate surface area is 142 Å². The molecule has 112 valence electrons. The van der Waals surface area contributed by atoms with Crippen LogP contribution in [0, 0.1) is 0 Å². The predicted octanol–water partition coefficient (Wildman–Crippen LogP) is 4.14. The first-order chi connectivity index (χ1) is 10.4. The van der Waals surface area contributed by atoms with Crippen LogP contribution < -0.4 is 4.90 Å². The molecular weight excluding hydrogens is 347 g/mol. The standard InChI is InChI=1S/C15H9Cl3N2O2/c1-3-5-6-9-8(4-2)14(21)20(15(9)22)12-10(16)7-19-13(18)11(12)17/h3-7H,1-2H2/b6-5-. The summed E-state index contributed by atoms with van der Waals surface area (Å²) in [7, 11) is 0. The van der Waals surface area contributed by atoms with Gasteiger partial charge in [-0.3, -0.25) is 9.59 Å². The fourth-order valence-electron chi connectivity index (χ4n) is 1.93. The fourth-order valence-corrected chi connectivity index (χ4v) is 2.58. The Kier molecular flexibility index (Phi) is 4.86. The van der Waals surface area contributed by atoms with Crippen LogP contribution in [0.2, 0.25) is 15.2 Å². The maximum absolute atomic E-state index is 12.5. The van der Waals surface area contributed by atoms with Crippen LogP contribution in [-0.4, -0.2) is 16.8 Å². The van der Waals surface area contributed by atoms with Gasteiger partial charge < -0.3 is 0 Å². The zero-order chi connectivity index (χ0) is 16.4. The Morgan fingerprint density at radius 1 is 1.09 bits per heavy atom. The second-order valence-corrected chi connectivity index (χ2v) is 5.27. The summed E-state index contributed by atoms with van der Waals surface area (Å²) in [6.45, 7) is 7.08. The van der Waals surface area contributed by atoms with Gasteiger partial charge in [0.25, 0.3) is 11.8 Å². The first-order valence-electron chi connectivity index (χ1n) is 5.98. The van der Waals surface area contributed by atoms with E-state index in [9.17, 15) is 9.59 Å². The number of pyridine rings is 1. The number of halogens is 3. The third-order valence-electron chi connectivity index (χ3n) is 2.89. The maximum atomic E-state index is 12.5. The molecule has 0 spiro atoms. The quantitative estimate of drug-likeness (QED) is 0.463. The molecule has 7 heteroatoms. The Balaban J connectivity index is 2.63. The van der Waals surface area contributed by atoms with Crippen molar-refractivity contribution in [3.63, 3.8) is 0 Å². The molecule has 2 heterocycles. The molecule has 0 aliphatic carbocycles. The maximum Gasteiger partial charge on any atom is 0.266 e. The predicted molar refractivity (Wildman–Crippen MR) is 88.3 cm³/mol. The van der Waals surface area contributed by atoms with Crippen molar-refractivity contribution in [3.05, 3.63) is 70.0 Å². The summed E-state index contributed by atoms with van der Waals surface area (Å²) in [6, 6.07) is 0. The summed E-state index contributed by atoms with van der Waals surface area (Å²) in [5.41, 5.74) is 0.308. The highest BCUT2D eigenvalue weighted by Crippen LogP contribution is 2.40. The average Bonchev–Trinajstić information content (AvgIpc) is 2.73. The summed E-state index contributed by atoms with van der Waals surface area (Å²) in [6.07, 6.45) is 7.01. The second-order valence-electron chi connectivity index (χ2n) is 4.13. The molecule has 0 unspecified atom stereocenters. The van der Waals surface area contributed by atoms with Crippen molar-refractivity contribution in [1.29, 1.82) is 0 Å². The van der Waals surface area contributed by atoms with E-state index in [1.807, 2.05) is 0 Å². The molecule has 1 aromatic rings. The van der Waals surface area contributed by atoms with Crippen molar-refractivity contribution < 1.29 is 9.59 Å². The van der Waals surface area contributed by atoms with Crippen LogP contribution in [-0.2, 0) is 9.59 Å². The lowest BCUT2D eigenvalue weighted by Crippen LogP contribution is -2.32. The van der Waals surface area contributed by atoms with Crippen LogP contribution >= 0.6 is 34.8 Å². The number of hydrogen-bond acceptors (Lipinski definition) is 3. The Morgan fingerprint density at radius 3 is 2.32 bits per heavy atom. The Hall–Kier alpha value is -1.88. The molecule has 2 amide bonds. The largest absolute Gasteiger partial charge is 0.268 e. The number of imide groups is 1. The van der Waals surface area contributed by atoms with E-state index in [4.69, 9.17) is 34.8 Å². The van der Waals surface area contributed by atoms with Crippen LogP contribution in [0.4, 0.5) is 5.69 Å². The van der Waals surface area contributed by atoms with Gasteiger partial charge in [0.15, 0.2) is 0 Å². The molecule has 1 aliphatic rings.